The van der Waals surface area contributed by atoms with E-state index in [4.69, 9.17) is 10.5 Å². The lowest BCUT2D eigenvalue weighted by Crippen LogP contribution is -2.29. The van der Waals surface area contributed by atoms with Gasteiger partial charge in [0.25, 0.3) is 5.91 Å². The average molecular weight is 494 g/mol. The Balaban J connectivity index is 1.69. The summed E-state index contributed by atoms with van der Waals surface area (Å²) in [4.78, 5) is 20.8. The van der Waals surface area contributed by atoms with E-state index in [1.807, 2.05) is 37.2 Å². The first-order valence-electron chi connectivity index (χ1n) is 10.8. The minimum Gasteiger partial charge on any atom is -0.492 e. The van der Waals surface area contributed by atoms with Gasteiger partial charge in [0.15, 0.2) is 23.1 Å². The standard InChI is InChI=1S/C23H28N9O2P/c1-13-6-8-25-17(10-13)28-18-11-16(20(22(24)33)30-29-18)27-23-21(34-3)14(7-9-26-23)15-12-19(35(4)5)32(2)31-15/h6-12,15,31H,1-5H3,(H2,24,33)(H2,25,26,27,28,29). The van der Waals surface area contributed by atoms with Crippen LogP contribution in [0.4, 0.5) is 23.1 Å². The Morgan fingerprint density at radius 3 is 2.57 bits per heavy atom. The number of anilines is 4. The molecule has 4 heterocycles. The van der Waals surface area contributed by atoms with Gasteiger partial charge < -0.3 is 26.1 Å². The summed E-state index contributed by atoms with van der Waals surface area (Å²) in [5, 5.41) is 16.4. The van der Waals surface area contributed by atoms with Gasteiger partial charge in [-0.3, -0.25) is 4.79 Å². The number of aromatic nitrogens is 4. The van der Waals surface area contributed by atoms with E-state index in [-0.39, 0.29) is 19.7 Å². The zero-order chi connectivity index (χ0) is 25.1. The van der Waals surface area contributed by atoms with Gasteiger partial charge in [-0.2, -0.15) is 0 Å². The molecule has 11 nitrogen and oxygen atoms in total. The molecule has 12 heteroatoms. The fraction of sp³-hybridized carbons (Fsp3) is 0.261. The predicted molar refractivity (Wildman–Crippen MR) is 137 cm³/mol. The van der Waals surface area contributed by atoms with E-state index in [0.29, 0.717) is 28.9 Å². The van der Waals surface area contributed by atoms with Gasteiger partial charge in [0.1, 0.15) is 5.82 Å². The number of hydrogen-bond acceptors (Lipinski definition) is 10. The molecule has 1 unspecified atom stereocenters. The van der Waals surface area contributed by atoms with Crippen LogP contribution in [0, 0.1) is 6.92 Å². The number of carbonyl (C=O) groups is 1. The van der Waals surface area contributed by atoms with Gasteiger partial charge >= 0.3 is 0 Å². The lowest BCUT2D eigenvalue weighted by Gasteiger charge is -2.22. The molecule has 0 fully saturated rings. The van der Waals surface area contributed by atoms with E-state index in [1.54, 1.807) is 25.6 Å². The molecule has 5 N–H and O–H groups in total. The van der Waals surface area contributed by atoms with Gasteiger partial charge in [-0.15, -0.1) is 10.2 Å². The fourth-order valence-corrected chi connectivity index (χ4v) is 4.89. The number of rotatable bonds is 8. The molecular weight excluding hydrogens is 465 g/mol. The highest BCUT2D eigenvalue weighted by molar-refractivity contribution is 7.60. The van der Waals surface area contributed by atoms with Crippen LogP contribution in [0.25, 0.3) is 0 Å². The highest BCUT2D eigenvalue weighted by atomic mass is 31.1. The van der Waals surface area contributed by atoms with Crippen molar-refractivity contribution in [2.75, 3.05) is 38.1 Å². The molecular formula is C23H28N9O2P. The SMILES string of the molecule is COc1c(C2C=C(P(C)C)N(C)N2)ccnc1Nc1cc(Nc2cc(C)ccn2)nnc1C(N)=O. The first-order chi connectivity index (χ1) is 16.8. The average Bonchev–Trinajstić information content (AvgIpc) is 3.20. The molecule has 1 aliphatic heterocycles. The number of hydrogen-bond donors (Lipinski definition) is 4. The Kier molecular flexibility index (Phi) is 7.09. The van der Waals surface area contributed by atoms with Crippen molar-refractivity contribution in [2.45, 2.75) is 13.0 Å². The molecule has 0 aromatic carbocycles. The minimum atomic E-state index is -0.721. The Morgan fingerprint density at radius 1 is 1.14 bits per heavy atom. The number of hydrazine groups is 1. The monoisotopic (exact) mass is 493 g/mol. The Hall–Kier alpha value is -3.82. The van der Waals surface area contributed by atoms with E-state index in [9.17, 15) is 4.79 Å². The zero-order valence-corrected chi connectivity index (χ0v) is 21.1. The fourth-order valence-electron chi connectivity index (χ4n) is 3.79. The normalized spacial score (nSPS) is 15.2. The number of nitrogens with two attached hydrogens (primary N) is 1. The number of primary amides is 1. The van der Waals surface area contributed by atoms with E-state index in [0.717, 1.165) is 11.1 Å². The number of carbonyl (C=O) groups excluding carboxylic acids is 1. The molecule has 35 heavy (non-hydrogen) atoms. The number of amides is 1. The van der Waals surface area contributed by atoms with Crippen LogP contribution in [0.5, 0.6) is 5.75 Å². The van der Waals surface area contributed by atoms with Crippen LogP contribution in [0.1, 0.15) is 27.7 Å². The lowest BCUT2D eigenvalue weighted by atomic mass is 10.1. The summed E-state index contributed by atoms with van der Waals surface area (Å²) < 4.78 is 5.75. The lowest BCUT2D eigenvalue weighted by molar-refractivity contribution is 0.0995. The largest absolute Gasteiger partial charge is 0.492 e. The quantitative estimate of drug-likeness (QED) is 0.345. The van der Waals surface area contributed by atoms with E-state index < -0.39 is 5.91 Å². The maximum atomic E-state index is 12.1. The van der Waals surface area contributed by atoms with Crippen LogP contribution in [-0.4, -0.2) is 58.6 Å². The molecule has 1 atom stereocenters. The second-order valence-electron chi connectivity index (χ2n) is 8.19. The van der Waals surface area contributed by atoms with Gasteiger partial charge in [-0.25, -0.2) is 15.4 Å². The van der Waals surface area contributed by atoms with E-state index >= 15 is 0 Å². The molecule has 0 aliphatic carbocycles. The Morgan fingerprint density at radius 2 is 1.91 bits per heavy atom. The summed E-state index contributed by atoms with van der Waals surface area (Å²) in [6.07, 6.45) is 5.56. The molecule has 0 bridgehead atoms. The Labute approximate surface area is 204 Å². The first-order valence-corrected chi connectivity index (χ1v) is 13.1. The minimum absolute atomic E-state index is 0.0227. The molecule has 0 saturated carbocycles. The predicted octanol–water partition coefficient (Wildman–Crippen LogP) is 3.24. The van der Waals surface area contributed by atoms with Gasteiger partial charge in [-0.1, -0.05) is 7.92 Å². The number of nitrogens with zero attached hydrogens (tertiary/aromatic N) is 5. The summed E-state index contributed by atoms with van der Waals surface area (Å²) >= 11 is 0. The van der Waals surface area contributed by atoms with Crippen molar-refractivity contribution in [1.82, 2.24) is 30.6 Å². The van der Waals surface area contributed by atoms with Gasteiger partial charge in [0.05, 0.1) is 18.8 Å². The highest BCUT2D eigenvalue weighted by Crippen LogP contribution is 2.44. The van der Waals surface area contributed by atoms with Crippen molar-refractivity contribution in [3.8, 4) is 5.75 Å². The van der Waals surface area contributed by atoms with Gasteiger partial charge in [0, 0.05) is 36.5 Å². The molecule has 0 saturated heterocycles. The van der Waals surface area contributed by atoms with Crippen LogP contribution in [0.15, 0.2) is 48.2 Å². The van der Waals surface area contributed by atoms with Gasteiger partial charge in [0.2, 0.25) is 0 Å². The van der Waals surface area contributed by atoms with Crippen molar-refractivity contribution < 1.29 is 9.53 Å². The first kappa shape index (κ1) is 24.3. The second kappa shape index (κ2) is 10.2. The van der Waals surface area contributed by atoms with E-state index in [2.05, 4.69) is 55.6 Å². The molecule has 3 aromatic rings. The second-order valence-corrected chi connectivity index (χ2v) is 10.4. The molecule has 1 aliphatic rings. The third kappa shape index (κ3) is 5.31. The molecule has 3 aromatic heterocycles. The number of ether oxygens (including phenoxy) is 1. The summed E-state index contributed by atoms with van der Waals surface area (Å²) in [6, 6.07) is 7.21. The summed E-state index contributed by atoms with van der Waals surface area (Å²) in [7, 11) is 3.30. The molecule has 1 amide bonds. The highest BCUT2D eigenvalue weighted by Gasteiger charge is 2.27. The van der Waals surface area contributed by atoms with Crippen molar-refractivity contribution in [3.63, 3.8) is 0 Å². The van der Waals surface area contributed by atoms with Crippen LogP contribution in [0.3, 0.4) is 0 Å². The van der Waals surface area contributed by atoms with Crippen molar-refractivity contribution in [1.29, 1.82) is 0 Å². The number of aryl methyl sites for hydroxylation is 1. The number of nitrogens with one attached hydrogen (secondary N) is 3. The Bertz CT molecular complexity index is 1280. The van der Waals surface area contributed by atoms with Crippen molar-refractivity contribution in [2.24, 2.45) is 5.73 Å². The van der Waals surface area contributed by atoms with Gasteiger partial charge in [-0.05, 0) is 50.1 Å². The topological polar surface area (TPSA) is 143 Å². The maximum absolute atomic E-state index is 12.1. The number of methoxy groups -OCH3 is 1. The molecule has 0 spiro atoms. The third-order valence-corrected chi connectivity index (χ3v) is 6.74. The van der Waals surface area contributed by atoms with Crippen LogP contribution in [0.2, 0.25) is 0 Å². The van der Waals surface area contributed by atoms with Crippen molar-refractivity contribution in [3.05, 3.63) is 65.0 Å². The van der Waals surface area contributed by atoms with Crippen LogP contribution >= 0.6 is 7.92 Å². The van der Waals surface area contributed by atoms with E-state index in [1.165, 1.54) is 5.44 Å². The molecule has 182 valence electrons. The van der Waals surface area contributed by atoms with Crippen LogP contribution in [-0.2, 0) is 0 Å². The van der Waals surface area contributed by atoms with Crippen LogP contribution < -0.4 is 26.5 Å². The van der Waals surface area contributed by atoms with Crippen molar-refractivity contribution >= 4 is 37.0 Å². The summed E-state index contributed by atoms with van der Waals surface area (Å²) in [5.74, 6) is 1.22. The maximum Gasteiger partial charge on any atom is 0.271 e. The smallest absolute Gasteiger partial charge is 0.271 e. The molecule has 0 radical (unpaired) electrons. The third-order valence-electron chi connectivity index (χ3n) is 5.38. The zero-order valence-electron chi connectivity index (χ0n) is 20.2. The summed E-state index contributed by atoms with van der Waals surface area (Å²) in [5.41, 5.74) is 12.5. The molecule has 4 rings (SSSR count). The number of pyridine rings is 2. The summed E-state index contributed by atoms with van der Waals surface area (Å²) in [6.45, 7) is 6.38.